The zero-order chi connectivity index (χ0) is 15.2. The van der Waals surface area contributed by atoms with Crippen molar-refractivity contribution >= 4 is 0 Å². The Hall–Kier alpha value is -0.900. The minimum Gasteiger partial charge on any atom is -0.381 e. The Morgan fingerprint density at radius 3 is 2.33 bits per heavy atom. The Labute approximate surface area is 129 Å². The summed E-state index contributed by atoms with van der Waals surface area (Å²) in [7, 11) is 3.90. The first-order valence-corrected chi connectivity index (χ1v) is 8.13. The second-order valence-corrected chi connectivity index (χ2v) is 6.33. The van der Waals surface area contributed by atoms with E-state index in [-0.39, 0.29) is 0 Å². The highest BCUT2D eigenvalue weighted by Crippen LogP contribution is 2.21. The van der Waals surface area contributed by atoms with Gasteiger partial charge in [-0.15, -0.1) is 0 Å². The van der Waals surface area contributed by atoms with E-state index < -0.39 is 0 Å². The lowest BCUT2D eigenvalue weighted by Gasteiger charge is -2.32. The number of methoxy groups -OCH3 is 1. The third-order valence-corrected chi connectivity index (χ3v) is 4.60. The van der Waals surface area contributed by atoms with Gasteiger partial charge in [0.05, 0.1) is 6.10 Å². The maximum absolute atomic E-state index is 5.44. The summed E-state index contributed by atoms with van der Waals surface area (Å²) in [5, 5.41) is 3.48. The zero-order valence-corrected chi connectivity index (χ0v) is 14.0. The van der Waals surface area contributed by atoms with Crippen molar-refractivity contribution < 1.29 is 4.74 Å². The summed E-state index contributed by atoms with van der Waals surface area (Å²) in [6.45, 7) is 7.86. The number of hydrogen-bond acceptors (Lipinski definition) is 3. The van der Waals surface area contributed by atoms with Crippen molar-refractivity contribution in [3.05, 3.63) is 34.9 Å². The van der Waals surface area contributed by atoms with Crippen LogP contribution >= 0.6 is 0 Å². The van der Waals surface area contributed by atoms with E-state index in [0.29, 0.717) is 12.1 Å². The van der Waals surface area contributed by atoms with E-state index in [9.17, 15) is 0 Å². The second-order valence-electron chi connectivity index (χ2n) is 6.33. The number of benzene rings is 1. The first-order chi connectivity index (χ1) is 10.1. The van der Waals surface area contributed by atoms with E-state index in [2.05, 4.69) is 49.3 Å². The summed E-state index contributed by atoms with van der Waals surface area (Å²) >= 11 is 0. The SMILES string of the molecule is CNC(CCN1CCC(OC)CC1)c1cc(C)cc(C)c1. The maximum atomic E-state index is 5.44. The van der Waals surface area contributed by atoms with Crippen molar-refractivity contribution in [2.45, 2.75) is 45.3 Å². The highest BCUT2D eigenvalue weighted by molar-refractivity contribution is 5.30. The number of likely N-dealkylation sites (tertiary alicyclic amines) is 1. The van der Waals surface area contributed by atoms with Gasteiger partial charge in [-0.1, -0.05) is 29.3 Å². The number of nitrogens with zero attached hydrogens (tertiary/aromatic N) is 1. The molecule has 0 amide bonds. The van der Waals surface area contributed by atoms with Gasteiger partial charge in [-0.05, 0) is 52.3 Å². The molecular weight excluding hydrogens is 260 g/mol. The van der Waals surface area contributed by atoms with Crippen LogP contribution in [0.3, 0.4) is 0 Å². The molecule has 3 heteroatoms. The average Bonchev–Trinajstić information content (AvgIpc) is 2.47. The molecule has 0 aliphatic carbocycles. The highest BCUT2D eigenvalue weighted by atomic mass is 16.5. The fourth-order valence-corrected chi connectivity index (χ4v) is 3.37. The molecule has 1 unspecified atom stereocenters. The van der Waals surface area contributed by atoms with Crippen molar-refractivity contribution in [3.63, 3.8) is 0 Å². The molecular formula is C18H30N2O. The molecule has 0 saturated carbocycles. The number of nitrogens with one attached hydrogen (secondary N) is 1. The molecule has 3 nitrogen and oxygen atoms in total. The molecule has 1 N–H and O–H groups in total. The van der Waals surface area contributed by atoms with Crippen molar-refractivity contribution in [2.75, 3.05) is 33.8 Å². The molecule has 1 aliphatic rings. The third-order valence-electron chi connectivity index (χ3n) is 4.60. The van der Waals surface area contributed by atoms with Gasteiger partial charge in [-0.3, -0.25) is 0 Å². The number of hydrogen-bond donors (Lipinski definition) is 1. The van der Waals surface area contributed by atoms with Crippen LogP contribution in [0.25, 0.3) is 0 Å². The summed E-state index contributed by atoms with van der Waals surface area (Å²) in [6.07, 6.45) is 3.98. The largest absolute Gasteiger partial charge is 0.381 e. The number of aryl methyl sites for hydroxylation is 2. The first kappa shape index (κ1) is 16.5. The predicted octanol–water partition coefficient (Wildman–Crippen LogP) is 3.06. The van der Waals surface area contributed by atoms with Crippen molar-refractivity contribution in [1.82, 2.24) is 10.2 Å². The first-order valence-electron chi connectivity index (χ1n) is 8.13. The summed E-state index contributed by atoms with van der Waals surface area (Å²) in [5.41, 5.74) is 4.12. The van der Waals surface area contributed by atoms with Gasteiger partial charge < -0.3 is 15.0 Å². The molecule has 0 radical (unpaired) electrons. The number of ether oxygens (including phenoxy) is 1. The van der Waals surface area contributed by atoms with Gasteiger partial charge in [0.25, 0.3) is 0 Å². The van der Waals surface area contributed by atoms with Crippen LogP contribution in [0.1, 0.15) is 42.0 Å². The van der Waals surface area contributed by atoms with Crippen LogP contribution in [0.2, 0.25) is 0 Å². The lowest BCUT2D eigenvalue weighted by Crippen LogP contribution is -2.38. The minimum atomic E-state index is 0.448. The standard InChI is InChI=1S/C18H30N2O/c1-14-11-15(2)13-16(12-14)18(19-3)7-10-20-8-5-17(21-4)6-9-20/h11-13,17-19H,5-10H2,1-4H3. The average molecular weight is 290 g/mol. The quantitative estimate of drug-likeness (QED) is 0.871. The molecule has 0 aromatic heterocycles. The summed E-state index contributed by atoms with van der Waals surface area (Å²) in [4.78, 5) is 2.57. The summed E-state index contributed by atoms with van der Waals surface area (Å²) in [5.74, 6) is 0. The van der Waals surface area contributed by atoms with Crippen molar-refractivity contribution in [3.8, 4) is 0 Å². The van der Waals surface area contributed by atoms with Gasteiger partial charge in [0.2, 0.25) is 0 Å². The fraction of sp³-hybridized carbons (Fsp3) is 0.667. The Morgan fingerprint density at radius 2 is 1.81 bits per heavy atom. The predicted molar refractivity (Wildman–Crippen MR) is 88.8 cm³/mol. The highest BCUT2D eigenvalue weighted by Gasteiger charge is 2.19. The van der Waals surface area contributed by atoms with E-state index >= 15 is 0 Å². The lowest BCUT2D eigenvalue weighted by atomic mass is 9.98. The Morgan fingerprint density at radius 1 is 1.19 bits per heavy atom. The number of rotatable bonds is 6. The van der Waals surface area contributed by atoms with Crippen LogP contribution in [0.4, 0.5) is 0 Å². The van der Waals surface area contributed by atoms with Crippen LogP contribution < -0.4 is 5.32 Å². The molecule has 118 valence electrons. The molecule has 0 spiro atoms. The van der Waals surface area contributed by atoms with Crippen LogP contribution in [-0.2, 0) is 4.74 Å². The monoisotopic (exact) mass is 290 g/mol. The maximum Gasteiger partial charge on any atom is 0.0595 e. The Kier molecular flexibility index (Phi) is 6.22. The smallest absolute Gasteiger partial charge is 0.0595 e. The molecule has 1 aliphatic heterocycles. The molecule has 1 aromatic rings. The molecule has 1 aromatic carbocycles. The van der Waals surface area contributed by atoms with Crippen LogP contribution in [0.15, 0.2) is 18.2 Å². The van der Waals surface area contributed by atoms with Gasteiger partial charge in [0.15, 0.2) is 0 Å². The van der Waals surface area contributed by atoms with Gasteiger partial charge in [0, 0.05) is 26.2 Å². The molecule has 21 heavy (non-hydrogen) atoms. The van der Waals surface area contributed by atoms with Gasteiger partial charge in [-0.2, -0.15) is 0 Å². The topological polar surface area (TPSA) is 24.5 Å². The fourth-order valence-electron chi connectivity index (χ4n) is 3.37. The normalized spacial score (nSPS) is 18.9. The van der Waals surface area contributed by atoms with Crippen LogP contribution in [-0.4, -0.2) is 44.8 Å². The summed E-state index contributed by atoms with van der Waals surface area (Å²) < 4.78 is 5.44. The van der Waals surface area contributed by atoms with E-state index in [1.54, 1.807) is 0 Å². The zero-order valence-electron chi connectivity index (χ0n) is 14.0. The number of piperidine rings is 1. The van der Waals surface area contributed by atoms with Gasteiger partial charge >= 0.3 is 0 Å². The van der Waals surface area contributed by atoms with Crippen LogP contribution in [0.5, 0.6) is 0 Å². The van der Waals surface area contributed by atoms with Crippen LogP contribution in [0, 0.1) is 13.8 Å². The Balaban J connectivity index is 1.88. The molecule has 1 fully saturated rings. The molecule has 1 atom stereocenters. The summed E-state index contributed by atoms with van der Waals surface area (Å²) in [6, 6.07) is 7.31. The van der Waals surface area contributed by atoms with Gasteiger partial charge in [-0.25, -0.2) is 0 Å². The van der Waals surface area contributed by atoms with Gasteiger partial charge in [0.1, 0.15) is 0 Å². The van der Waals surface area contributed by atoms with E-state index in [0.717, 1.165) is 13.0 Å². The van der Waals surface area contributed by atoms with Crippen molar-refractivity contribution in [1.29, 1.82) is 0 Å². The molecule has 2 rings (SSSR count). The molecule has 1 heterocycles. The molecule has 1 saturated heterocycles. The Bertz CT molecular complexity index is 419. The third kappa shape index (κ3) is 4.80. The molecule has 0 bridgehead atoms. The van der Waals surface area contributed by atoms with E-state index in [4.69, 9.17) is 4.74 Å². The lowest BCUT2D eigenvalue weighted by molar-refractivity contribution is 0.0401. The van der Waals surface area contributed by atoms with Crippen molar-refractivity contribution in [2.24, 2.45) is 0 Å². The minimum absolute atomic E-state index is 0.448. The second kappa shape index (κ2) is 7.92. The van der Waals surface area contributed by atoms with E-state index in [1.165, 1.54) is 42.6 Å². The van der Waals surface area contributed by atoms with E-state index in [1.807, 2.05) is 7.11 Å².